The summed E-state index contributed by atoms with van der Waals surface area (Å²) < 4.78 is 43.1. The van der Waals surface area contributed by atoms with Crippen molar-refractivity contribution in [2.75, 3.05) is 9.62 Å². The van der Waals surface area contributed by atoms with Crippen LogP contribution in [0.25, 0.3) is 22.5 Å². The minimum Gasteiger partial charge on any atom is -0.755 e. The molecule has 1 aromatic heterocycles. The summed E-state index contributed by atoms with van der Waals surface area (Å²) in [6.07, 6.45) is 0. The fourth-order valence-corrected chi connectivity index (χ4v) is 4.49. The lowest BCUT2D eigenvalue weighted by atomic mass is 10.0. The fourth-order valence-electron chi connectivity index (χ4n) is 3.89. The van der Waals surface area contributed by atoms with Crippen LogP contribution in [-0.2, 0) is 11.3 Å². The topological polar surface area (TPSA) is 132 Å². The molecule has 0 saturated carbocycles. The molecule has 1 atom stereocenters. The van der Waals surface area contributed by atoms with Gasteiger partial charge in [-0.2, -0.15) is 4.98 Å². The van der Waals surface area contributed by atoms with E-state index in [4.69, 9.17) is 4.52 Å². The summed E-state index contributed by atoms with van der Waals surface area (Å²) in [5.74, 6) is -0.325. The SMILES string of the molecule is Cc1nc(-c2ccc(-c3ccc(C(=O)Nc4ccc(O)c(N(c5ccc(F)cc5)S(=O)[O-])c4)cc3)cc2)no1. The zero-order valence-electron chi connectivity index (χ0n) is 20.4. The first-order chi connectivity index (χ1) is 18.8. The molecule has 0 aliphatic carbocycles. The first kappa shape index (κ1) is 25.8. The van der Waals surface area contributed by atoms with Crippen LogP contribution in [0.2, 0.25) is 0 Å². The van der Waals surface area contributed by atoms with E-state index in [1.807, 2.05) is 36.4 Å². The number of carbonyl (C=O) groups excluding carboxylic acids is 1. The summed E-state index contributed by atoms with van der Waals surface area (Å²) in [5, 5.41) is 16.9. The van der Waals surface area contributed by atoms with Crippen LogP contribution in [-0.4, -0.2) is 29.9 Å². The number of aromatic hydroxyl groups is 1. The van der Waals surface area contributed by atoms with E-state index in [0.717, 1.165) is 33.1 Å². The van der Waals surface area contributed by atoms with Crippen LogP contribution in [0.15, 0.2) is 95.5 Å². The lowest BCUT2D eigenvalue weighted by Crippen LogP contribution is -2.20. The van der Waals surface area contributed by atoms with Gasteiger partial charge in [0.15, 0.2) is 0 Å². The Morgan fingerprint density at radius 2 is 1.56 bits per heavy atom. The minimum atomic E-state index is -2.84. The van der Waals surface area contributed by atoms with E-state index >= 15 is 0 Å². The number of aryl methyl sites for hydroxylation is 1. The number of hydrogen-bond donors (Lipinski definition) is 2. The Morgan fingerprint density at radius 1 is 0.949 bits per heavy atom. The number of nitrogens with zero attached hydrogens (tertiary/aromatic N) is 3. The van der Waals surface area contributed by atoms with E-state index in [2.05, 4.69) is 15.5 Å². The minimum absolute atomic E-state index is 0.109. The van der Waals surface area contributed by atoms with Gasteiger partial charge in [0, 0.05) is 23.7 Å². The highest BCUT2D eigenvalue weighted by molar-refractivity contribution is 7.81. The van der Waals surface area contributed by atoms with Crippen LogP contribution >= 0.6 is 0 Å². The molecule has 1 amide bonds. The molecular formula is C28H20FN4O5S-. The number of benzene rings is 4. The number of amides is 1. The molecule has 0 fully saturated rings. The Morgan fingerprint density at radius 3 is 2.15 bits per heavy atom. The Balaban J connectivity index is 1.32. The molecule has 11 heteroatoms. The fraction of sp³-hybridized carbons (Fsp3) is 0.0357. The number of carbonyl (C=O) groups is 1. The van der Waals surface area contributed by atoms with Crippen molar-refractivity contribution >= 4 is 34.2 Å². The quantitative estimate of drug-likeness (QED) is 0.198. The van der Waals surface area contributed by atoms with E-state index in [1.165, 1.54) is 30.3 Å². The van der Waals surface area contributed by atoms with E-state index < -0.39 is 23.0 Å². The number of rotatable bonds is 7. The van der Waals surface area contributed by atoms with Crippen molar-refractivity contribution < 1.29 is 27.6 Å². The lowest BCUT2D eigenvalue weighted by Gasteiger charge is -2.27. The molecule has 5 aromatic rings. The van der Waals surface area contributed by atoms with Crippen molar-refractivity contribution in [2.24, 2.45) is 0 Å². The Kier molecular flexibility index (Phi) is 7.17. The largest absolute Gasteiger partial charge is 0.755 e. The van der Waals surface area contributed by atoms with Crippen molar-refractivity contribution in [3.05, 3.63) is 108 Å². The van der Waals surface area contributed by atoms with Gasteiger partial charge in [-0.3, -0.25) is 13.3 Å². The van der Waals surface area contributed by atoms with E-state index in [-0.39, 0.29) is 22.8 Å². The maximum Gasteiger partial charge on any atom is 0.255 e. The molecular weight excluding hydrogens is 523 g/mol. The number of hydrogen-bond acceptors (Lipinski definition) is 7. The van der Waals surface area contributed by atoms with Crippen LogP contribution in [0.3, 0.4) is 0 Å². The summed E-state index contributed by atoms with van der Waals surface area (Å²) >= 11 is -2.84. The third-order valence-corrected chi connectivity index (χ3v) is 6.52. The third kappa shape index (κ3) is 5.69. The molecule has 0 radical (unpaired) electrons. The highest BCUT2D eigenvalue weighted by Crippen LogP contribution is 2.36. The second-order valence-electron chi connectivity index (χ2n) is 8.44. The number of halogens is 1. The van der Waals surface area contributed by atoms with Gasteiger partial charge < -0.3 is 19.5 Å². The highest BCUT2D eigenvalue weighted by Gasteiger charge is 2.17. The molecule has 1 heterocycles. The normalized spacial score (nSPS) is 11.7. The Bertz CT molecular complexity index is 1660. The molecule has 0 aliphatic heterocycles. The molecule has 4 aromatic carbocycles. The smallest absolute Gasteiger partial charge is 0.255 e. The van der Waals surface area contributed by atoms with Gasteiger partial charge in [-0.05, 0) is 65.7 Å². The number of phenols is 1. The molecule has 5 rings (SSSR count). The molecule has 0 saturated heterocycles. The maximum atomic E-state index is 13.3. The van der Waals surface area contributed by atoms with Crippen molar-refractivity contribution in [2.45, 2.75) is 6.92 Å². The third-order valence-electron chi connectivity index (χ3n) is 5.81. The van der Waals surface area contributed by atoms with Crippen molar-refractivity contribution in [1.82, 2.24) is 10.1 Å². The number of phenolic OH excluding ortho intramolecular Hbond substituents is 1. The van der Waals surface area contributed by atoms with Crippen LogP contribution in [0.4, 0.5) is 21.5 Å². The number of anilines is 3. The summed E-state index contributed by atoms with van der Waals surface area (Å²) in [6, 6.07) is 23.3. The average molecular weight is 544 g/mol. The van der Waals surface area contributed by atoms with Gasteiger partial charge in [-0.25, -0.2) is 4.39 Å². The molecule has 1 unspecified atom stereocenters. The summed E-state index contributed by atoms with van der Waals surface area (Å²) in [7, 11) is 0. The number of nitrogens with one attached hydrogen (secondary N) is 1. The Labute approximate surface area is 225 Å². The van der Waals surface area contributed by atoms with Gasteiger partial charge in [0.05, 0.1) is 22.6 Å². The van der Waals surface area contributed by atoms with Gasteiger partial charge in [0.2, 0.25) is 11.7 Å². The number of aromatic nitrogens is 2. The van der Waals surface area contributed by atoms with Gasteiger partial charge in [-0.1, -0.05) is 41.6 Å². The molecule has 0 bridgehead atoms. The first-order valence-corrected chi connectivity index (χ1v) is 12.6. The lowest BCUT2D eigenvalue weighted by molar-refractivity contribution is 0.102. The molecule has 0 spiro atoms. The van der Waals surface area contributed by atoms with Crippen LogP contribution in [0.1, 0.15) is 16.2 Å². The average Bonchev–Trinajstić information content (AvgIpc) is 3.38. The Hall–Kier alpha value is -4.87. The second-order valence-corrected chi connectivity index (χ2v) is 9.24. The zero-order valence-corrected chi connectivity index (χ0v) is 21.2. The molecule has 196 valence electrons. The molecule has 2 N–H and O–H groups in total. The predicted molar refractivity (Wildman–Crippen MR) is 143 cm³/mol. The first-order valence-electron chi connectivity index (χ1n) is 11.6. The zero-order chi connectivity index (χ0) is 27.5. The summed E-state index contributed by atoms with van der Waals surface area (Å²) in [5.41, 5.74) is 3.26. The van der Waals surface area contributed by atoms with Crippen molar-refractivity contribution in [1.29, 1.82) is 0 Å². The molecule has 0 aliphatic rings. The van der Waals surface area contributed by atoms with Gasteiger partial charge in [0.25, 0.3) is 5.91 Å². The predicted octanol–water partition coefficient (Wildman–Crippen LogP) is 5.74. The summed E-state index contributed by atoms with van der Waals surface area (Å²) in [4.78, 5) is 17.1. The standard InChI is InChI=1S/C28H21FN4O5S/c1-17-30-27(32-38-17)20-6-2-18(3-7-20)19-4-8-21(9-5-19)28(35)31-23-12-15-26(34)25(16-23)33(39(36)37)24-13-10-22(29)11-14-24/h2-16,34H,1H3,(H,31,35)(H,36,37)/p-1. The summed E-state index contributed by atoms with van der Waals surface area (Å²) in [6.45, 7) is 1.72. The van der Waals surface area contributed by atoms with Gasteiger partial charge >= 0.3 is 0 Å². The van der Waals surface area contributed by atoms with E-state index in [9.17, 15) is 23.1 Å². The highest BCUT2D eigenvalue weighted by atomic mass is 32.2. The monoisotopic (exact) mass is 543 g/mol. The van der Waals surface area contributed by atoms with Crippen LogP contribution in [0, 0.1) is 12.7 Å². The van der Waals surface area contributed by atoms with E-state index in [0.29, 0.717) is 17.3 Å². The molecule has 39 heavy (non-hydrogen) atoms. The van der Waals surface area contributed by atoms with Crippen molar-refractivity contribution in [3.8, 4) is 28.3 Å². The van der Waals surface area contributed by atoms with E-state index in [1.54, 1.807) is 19.1 Å². The maximum absolute atomic E-state index is 13.3. The van der Waals surface area contributed by atoms with Gasteiger partial charge in [0.1, 0.15) is 11.6 Å². The van der Waals surface area contributed by atoms with Crippen molar-refractivity contribution in [3.63, 3.8) is 0 Å². The van der Waals surface area contributed by atoms with Gasteiger partial charge in [-0.15, -0.1) is 0 Å². The second kappa shape index (κ2) is 10.9. The van der Waals surface area contributed by atoms with Crippen LogP contribution < -0.4 is 9.62 Å². The van der Waals surface area contributed by atoms with Crippen LogP contribution in [0.5, 0.6) is 5.75 Å². The molecule has 9 nitrogen and oxygen atoms in total.